The Bertz CT molecular complexity index is 697. The maximum absolute atomic E-state index is 12.1. The summed E-state index contributed by atoms with van der Waals surface area (Å²) in [7, 11) is -3.49. The van der Waals surface area contributed by atoms with Crippen molar-refractivity contribution in [2.24, 2.45) is 0 Å². The second-order valence-electron chi connectivity index (χ2n) is 4.86. The van der Waals surface area contributed by atoms with E-state index in [1.54, 1.807) is 12.1 Å². The lowest BCUT2D eigenvalue weighted by Crippen LogP contribution is -2.18. The molecule has 0 spiro atoms. The Kier molecular flexibility index (Phi) is 4.85. The van der Waals surface area contributed by atoms with Gasteiger partial charge in [-0.1, -0.05) is 43.3 Å². The summed E-state index contributed by atoms with van der Waals surface area (Å²) >= 11 is 0. The molecule has 0 atom stereocenters. The van der Waals surface area contributed by atoms with Crippen molar-refractivity contribution < 1.29 is 13.5 Å². The fraction of sp³-hybridized carbons (Fsp3) is 0.250. The van der Waals surface area contributed by atoms with E-state index < -0.39 is 10.0 Å². The molecule has 0 bridgehead atoms. The highest BCUT2D eigenvalue weighted by Crippen LogP contribution is 2.25. The number of rotatable bonds is 6. The molecule has 4 nitrogen and oxygen atoms in total. The average Bonchev–Trinajstić information content (AvgIpc) is 2.48. The molecule has 0 fully saturated rings. The summed E-state index contributed by atoms with van der Waals surface area (Å²) in [4.78, 5) is 0. The number of aromatic hydroxyl groups is 1. The third-order valence-electron chi connectivity index (χ3n) is 3.24. The number of hydrogen-bond acceptors (Lipinski definition) is 3. The lowest BCUT2D eigenvalue weighted by atomic mass is 10.1. The van der Waals surface area contributed by atoms with E-state index in [-0.39, 0.29) is 17.2 Å². The van der Waals surface area contributed by atoms with Crippen LogP contribution >= 0.6 is 0 Å². The maximum Gasteiger partial charge on any atom is 0.233 e. The minimum atomic E-state index is -3.49. The molecule has 0 radical (unpaired) electrons. The van der Waals surface area contributed by atoms with Gasteiger partial charge in [0.05, 0.1) is 11.4 Å². The smallest absolute Gasteiger partial charge is 0.233 e. The molecule has 21 heavy (non-hydrogen) atoms. The number of aryl methyl sites for hydroxylation is 2. The van der Waals surface area contributed by atoms with E-state index in [0.717, 1.165) is 17.5 Å². The molecule has 0 aliphatic heterocycles. The van der Waals surface area contributed by atoms with Crippen LogP contribution in [0.3, 0.4) is 0 Å². The molecule has 112 valence electrons. The van der Waals surface area contributed by atoms with Crippen LogP contribution in [-0.4, -0.2) is 19.3 Å². The lowest BCUT2D eigenvalue weighted by Gasteiger charge is -2.11. The van der Waals surface area contributed by atoms with Crippen molar-refractivity contribution in [2.45, 2.75) is 19.8 Å². The summed E-state index contributed by atoms with van der Waals surface area (Å²) in [6.07, 6.45) is 1.21. The molecule has 2 aromatic carbocycles. The minimum Gasteiger partial charge on any atom is -0.506 e. The van der Waals surface area contributed by atoms with Gasteiger partial charge in [0, 0.05) is 0 Å². The number of phenols is 1. The number of nitrogens with one attached hydrogen (secondary N) is 1. The Morgan fingerprint density at radius 2 is 1.76 bits per heavy atom. The second-order valence-corrected chi connectivity index (χ2v) is 6.70. The van der Waals surface area contributed by atoms with Crippen molar-refractivity contribution in [1.29, 1.82) is 0 Å². The predicted octanol–water partition coefficient (Wildman–Crippen LogP) is 2.94. The van der Waals surface area contributed by atoms with Gasteiger partial charge in [-0.15, -0.1) is 0 Å². The Labute approximate surface area is 125 Å². The van der Waals surface area contributed by atoms with Crippen LogP contribution in [0.5, 0.6) is 5.75 Å². The zero-order valence-corrected chi connectivity index (χ0v) is 12.7. The predicted molar refractivity (Wildman–Crippen MR) is 85.0 cm³/mol. The van der Waals surface area contributed by atoms with E-state index in [0.29, 0.717) is 6.42 Å². The molecule has 0 unspecified atom stereocenters. The van der Waals surface area contributed by atoms with Gasteiger partial charge in [0.15, 0.2) is 0 Å². The first-order valence-electron chi connectivity index (χ1n) is 6.86. The standard InChI is InChI=1S/C16H19NO3S/c1-2-13-8-9-16(18)15(12-13)17-21(19,20)11-10-14-6-4-3-5-7-14/h3-9,12,17-18H,2,10-11H2,1H3. The van der Waals surface area contributed by atoms with Crippen LogP contribution in [-0.2, 0) is 22.9 Å². The molecular formula is C16H19NO3S. The van der Waals surface area contributed by atoms with Gasteiger partial charge < -0.3 is 5.11 Å². The summed E-state index contributed by atoms with van der Waals surface area (Å²) in [5.41, 5.74) is 2.17. The maximum atomic E-state index is 12.1. The number of sulfonamides is 1. The SMILES string of the molecule is CCc1ccc(O)c(NS(=O)(=O)CCc2ccccc2)c1. The van der Waals surface area contributed by atoms with Crippen LogP contribution in [0, 0.1) is 0 Å². The van der Waals surface area contributed by atoms with Crippen LogP contribution < -0.4 is 4.72 Å². The van der Waals surface area contributed by atoms with Crippen LogP contribution in [0.15, 0.2) is 48.5 Å². The van der Waals surface area contributed by atoms with Gasteiger partial charge in [-0.25, -0.2) is 8.42 Å². The van der Waals surface area contributed by atoms with Gasteiger partial charge in [-0.05, 0) is 36.1 Å². The fourth-order valence-electron chi connectivity index (χ4n) is 2.00. The van der Waals surface area contributed by atoms with E-state index in [4.69, 9.17) is 0 Å². The quantitative estimate of drug-likeness (QED) is 0.806. The van der Waals surface area contributed by atoms with Gasteiger partial charge in [0.25, 0.3) is 0 Å². The number of hydrogen-bond donors (Lipinski definition) is 2. The Hall–Kier alpha value is -2.01. The highest BCUT2D eigenvalue weighted by molar-refractivity contribution is 7.92. The van der Waals surface area contributed by atoms with Crippen molar-refractivity contribution in [3.63, 3.8) is 0 Å². The largest absolute Gasteiger partial charge is 0.506 e. The average molecular weight is 305 g/mol. The van der Waals surface area contributed by atoms with Gasteiger partial charge >= 0.3 is 0 Å². The van der Waals surface area contributed by atoms with Crippen molar-refractivity contribution in [1.82, 2.24) is 0 Å². The third-order valence-corrected chi connectivity index (χ3v) is 4.51. The number of benzene rings is 2. The molecule has 0 aromatic heterocycles. The first kappa shape index (κ1) is 15.4. The van der Waals surface area contributed by atoms with Gasteiger partial charge in [-0.2, -0.15) is 0 Å². The van der Waals surface area contributed by atoms with Crippen LogP contribution in [0.2, 0.25) is 0 Å². The Morgan fingerprint density at radius 1 is 1.05 bits per heavy atom. The highest BCUT2D eigenvalue weighted by Gasteiger charge is 2.13. The Balaban J connectivity index is 2.07. The summed E-state index contributed by atoms with van der Waals surface area (Å²) in [6, 6.07) is 14.4. The van der Waals surface area contributed by atoms with Gasteiger partial charge in [-0.3, -0.25) is 4.72 Å². The van der Waals surface area contributed by atoms with Crippen molar-refractivity contribution in [2.75, 3.05) is 10.5 Å². The fourth-order valence-corrected chi connectivity index (χ4v) is 3.11. The lowest BCUT2D eigenvalue weighted by molar-refractivity contribution is 0.477. The molecule has 0 saturated carbocycles. The molecule has 5 heteroatoms. The molecule has 2 rings (SSSR count). The van der Waals surface area contributed by atoms with E-state index in [1.807, 2.05) is 37.3 Å². The van der Waals surface area contributed by atoms with Crippen LogP contribution in [0.25, 0.3) is 0 Å². The first-order chi connectivity index (χ1) is 10.00. The van der Waals surface area contributed by atoms with Crippen LogP contribution in [0.4, 0.5) is 5.69 Å². The van der Waals surface area contributed by atoms with E-state index >= 15 is 0 Å². The first-order valence-corrected chi connectivity index (χ1v) is 8.51. The molecule has 0 heterocycles. The minimum absolute atomic E-state index is 0.0210. The number of phenolic OH excluding ortho intramolecular Hbond substituents is 1. The Morgan fingerprint density at radius 3 is 2.43 bits per heavy atom. The van der Waals surface area contributed by atoms with Crippen molar-refractivity contribution in [3.8, 4) is 5.75 Å². The molecular weight excluding hydrogens is 286 g/mol. The zero-order chi connectivity index (χ0) is 15.3. The molecule has 0 amide bonds. The van der Waals surface area contributed by atoms with Gasteiger partial charge in [0.1, 0.15) is 5.75 Å². The summed E-state index contributed by atoms with van der Waals surface area (Å²) in [5, 5.41) is 9.75. The van der Waals surface area contributed by atoms with E-state index in [2.05, 4.69) is 4.72 Å². The summed E-state index contributed by atoms with van der Waals surface area (Å²) in [5.74, 6) is -0.0808. The normalized spacial score (nSPS) is 11.3. The monoisotopic (exact) mass is 305 g/mol. The zero-order valence-electron chi connectivity index (χ0n) is 11.9. The molecule has 0 aliphatic rings. The molecule has 2 aromatic rings. The topological polar surface area (TPSA) is 66.4 Å². The third kappa shape index (κ3) is 4.49. The summed E-state index contributed by atoms with van der Waals surface area (Å²) < 4.78 is 26.7. The highest BCUT2D eigenvalue weighted by atomic mass is 32.2. The van der Waals surface area contributed by atoms with Gasteiger partial charge in [0.2, 0.25) is 10.0 Å². The van der Waals surface area contributed by atoms with Crippen molar-refractivity contribution >= 4 is 15.7 Å². The molecule has 0 aliphatic carbocycles. The second kappa shape index (κ2) is 6.63. The molecule has 2 N–H and O–H groups in total. The van der Waals surface area contributed by atoms with E-state index in [9.17, 15) is 13.5 Å². The summed E-state index contributed by atoms with van der Waals surface area (Å²) in [6.45, 7) is 1.97. The molecule has 0 saturated heterocycles. The van der Waals surface area contributed by atoms with Crippen molar-refractivity contribution in [3.05, 3.63) is 59.7 Å². The van der Waals surface area contributed by atoms with Crippen LogP contribution in [0.1, 0.15) is 18.1 Å². The van der Waals surface area contributed by atoms with E-state index in [1.165, 1.54) is 6.07 Å². The number of anilines is 1.